The molecule has 0 amide bonds. The van der Waals surface area contributed by atoms with Crippen molar-refractivity contribution in [2.45, 2.75) is 79.1 Å². The Labute approximate surface area is 96.8 Å². The Bertz CT molecular complexity index is 173. The van der Waals surface area contributed by atoms with Gasteiger partial charge in [0.25, 0.3) is 0 Å². The third kappa shape index (κ3) is 3.50. The highest BCUT2D eigenvalue weighted by Crippen LogP contribution is 2.47. The van der Waals surface area contributed by atoms with Crippen molar-refractivity contribution in [3.63, 3.8) is 0 Å². The van der Waals surface area contributed by atoms with Gasteiger partial charge in [-0.3, -0.25) is 0 Å². The fourth-order valence-electron chi connectivity index (χ4n) is 3.18. The molecule has 0 bridgehead atoms. The topological polar surface area (TPSA) is 0 Å². The van der Waals surface area contributed by atoms with Gasteiger partial charge in [0.1, 0.15) is 0 Å². The lowest BCUT2D eigenvalue weighted by Gasteiger charge is -2.30. The molecule has 0 radical (unpaired) electrons. The van der Waals surface area contributed by atoms with E-state index in [4.69, 9.17) is 0 Å². The third-order valence-corrected chi connectivity index (χ3v) is 5.04. The minimum Gasteiger partial charge on any atom is -0.0651 e. The fourth-order valence-corrected chi connectivity index (χ4v) is 3.18. The van der Waals surface area contributed by atoms with Gasteiger partial charge in [0.05, 0.1) is 0 Å². The molecule has 1 aliphatic carbocycles. The van der Waals surface area contributed by atoms with Crippen molar-refractivity contribution < 1.29 is 0 Å². The zero-order valence-electron chi connectivity index (χ0n) is 11.3. The first kappa shape index (κ1) is 13.1. The van der Waals surface area contributed by atoms with Gasteiger partial charge in [-0.1, -0.05) is 59.8 Å². The van der Waals surface area contributed by atoms with E-state index in [1.807, 2.05) is 0 Å². The van der Waals surface area contributed by atoms with Crippen LogP contribution >= 0.6 is 0 Å². The molecule has 0 nitrogen and oxygen atoms in total. The van der Waals surface area contributed by atoms with Crippen LogP contribution in [0.3, 0.4) is 0 Å². The lowest BCUT2D eigenvalue weighted by molar-refractivity contribution is 0.200. The largest absolute Gasteiger partial charge is 0.0651 e. The zero-order chi connectivity index (χ0) is 11.3. The Balaban J connectivity index is 2.26. The van der Waals surface area contributed by atoms with Crippen LogP contribution in [0.5, 0.6) is 0 Å². The molecule has 0 N–H and O–H groups in total. The first-order chi connectivity index (χ1) is 7.12. The maximum absolute atomic E-state index is 2.52. The second-order valence-corrected chi connectivity index (χ2v) is 6.04. The van der Waals surface area contributed by atoms with Gasteiger partial charge >= 0.3 is 0 Å². The molecule has 3 unspecified atom stereocenters. The van der Waals surface area contributed by atoms with Crippen molar-refractivity contribution in [3.05, 3.63) is 0 Å². The first-order valence-electron chi connectivity index (χ1n) is 7.12. The summed E-state index contributed by atoms with van der Waals surface area (Å²) in [6.07, 6.45) is 11.6. The molecule has 0 aliphatic heterocycles. The minimum absolute atomic E-state index is 0.690. The van der Waals surface area contributed by atoms with E-state index in [0.717, 1.165) is 11.8 Å². The van der Waals surface area contributed by atoms with Crippen LogP contribution in [0.4, 0.5) is 0 Å². The first-order valence-corrected chi connectivity index (χ1v) is 7.12. The number of hydrogen-bond donors (Lipinski definition) is 0. The number of hydrogen-bond acceptors (Lipinski definition) is 0. The van der Waals surface area contributed by atoms with Crippen LogP contribution in [0.1, 0.15) is 79.1 Å². The summed E-state index contributed by atoms with van der Waals surface area (Å²) in [5.41, 5.74) is 0.690. The Morgan fingerprint density at radius 1 is 1.33 bits per heavy atom. The molecule has 0 saturated heterocycles. The Hall–Kier alpha value is 0. The van der Waals surface area contributed by atoms with Crippen LogP contribution in [0.2, 0.25) is 0 Å². The highest BCUT2D eigenvalue weighted by Gasteiger charge is 2.36. The summed E-state index contributed by atoms with van der Waals surface area (Å²) in [5, 5.41) is 0. The van der Waals surface area contributed by atoms with Crippen LogP contribution in [-0.4, -0.2) is 0 Å². The Morgan fingerprint density at radius 2 is 2.07 bits per heavy atom. The van der Waals surface area contributed by atoms with E-state index in [-0.39, 0.29) is 0 Å². The molecule has 0 aromatic heterocycles. The quantitative estimate of drug-likeness (QED) is 0.549. The Kier molecular flexibility index (Phi) is 5.15. The maximum Gasteiger partial charge on any atom is -0.0300 e. The lowest BCUT2D eigenvalue weighted by atomic mass is 9.75. The third-order valence-electron chi connectivity index (χ3n) is 5.04. The van der Waals surface area contributed by atoms with E-state index in [1.165, 1.54) is 51.4 Å². The van der Waals surface area contributed by atoms with Gasteiger partial charge in [-0.2, -0.15) is 0 Å². The Morgan fingerprint density at radius 3 is 2.67 bits per heavy atom. The maximum atomic E-state index is 2.52. The summed E-state index contributed by atoms with van der Waals surface area (Å²) in [6.45, 7) is 9.62. The molecule has 0 aromatic carbocycles. The van der Waals surface area contributed by atoms with Crippen molar-refractivity contribution in [1.82, 2.24) is 0 Å². The van der Waals surface area contributed by atoms with Gasteiger partial charge in [-0.05, 0) is 36.5 Å². The predicted octanol–water partition coefficient (Wildman–Crippen LogP) is 5.42. The standard InChI is InChI=1S/C15H30/c1-5-13(3)9-7-10-14-11-8-12-15(14,4)6-2/h13-14H,5-12H2,1-4H3. The zero-order valence-corrected chi connectivity index (χ0v) is 11.3. The SMILES string of the molecule is CCC(C)CCCC1CCCC1(C)CC. The highest BCUT2D eigenvalue weighted by atomic mass is 14.4. The molecule has 1 saturated carbocycles. The van der Waals surface area contributed by atoms with E-state index in [0.29, 0.717) is 5.41 Å². The molecule has 0 heteroatoms. The average Bonchev–Trinajstić information content (AvgIpc) is 2.61. The molecule has 1 aliphatic rings. The minimum atomic E-state index is 0.690. The van der Waals surface area contributed by atoms with Gasteiger partial charge in [-0.25, -0.2) is 0 Å². The van der Waals surface area contributed by atoms with E-state index in [2.05, 4.69) is 27.7 Å². The van der Waals surface area contributed by atoms with Gasteiger partial charge in [-0.15, -0.1) is 0 Å². The molecule has 3 atom stereocenters. The summed E-state index contributed by atoms with van der Waals surface area (Å²) in [4.78, 5) is 0. The number of rotatable bonds is 6. The summed E-state index contributed by atoms with van der Waals surface area (Å²) in [7, 11) is 0. The van der Waals surface area contributed by atoms with Gasteiger partial charge in [0.2, 0.25) is 0 Å². The fraction of sp³-hybridized carbons (Fsp3) is 1.00. The van der Waals surface area contributed by atoms with Crippen molar-refractivity contribution in [3.8, 4) is 0 Å². The molecule has 15 heavy (non-hydrogen) atoms. The van der Waals surface area contributed by atoms with Crippen LogP contribution < -0.4 is 0 Å². The summed E-state index contributed by atoms with van der Waals surface area (Å²) < 4.78 is 0. The van der Waals surface area contributed by atoms with E-state index in [1.54, 1.807) is 0 Å². The van der Waals surface area contributed by atoms with E-state index >= 15 is 0 Å². The highest BCUT2D eigenvalue weighted by molar-refractivity contribution is 4.87. The van der Waals surface area contributed by atoms with Crippen LogP contribution in [-0.2, 0) is 0 Å². The predicted molar refractivity (Wildman–Crippen MR) is 69.0 cm³/mol. The molecule has 90 valence electrons. The summed E-state index contributed by atoms with van der Waals surface area (Å²) in [5.74, 6) is 1.98. The summed E-state index contributed by atoms with van der Waals surface area (Å²) in [6, 6.07) is 0. The van der Waals surface area contributed by atoms with Crippen LogP contribution in [0.15, 0.2) is 0 Å². The van der Waals surface area contributed by atoms with Crippen molar-refractivity contribution in [2.75, 3.05) is 0 Å². The van der Waals surface area contributed by atoms with Crippen LogP contribution in [0, 0.1) is 17.3 Å². The molecular formula is C15H30. The van der Waals surface area contributed by atoms with Crippen molar-refractivity contribution in [1.29, 1.82) is 0 Å². The van der Waals surface area contributed by atoms with Crippen LogP contribution in [0.25, 0.3) is 0 Å². The van der Waals surface area contributed by atoms with Crippen molar-refractivity contribution in [2.24, 2.45) is 17.3 Å². The van der Waals surface area contributed by atoms with E-state index in [9.17, 15) is 0 Å². The molecule has 0 spiro atoms. The van der Waals surface area contributed by atoms with Crippen molar-refractivity contribution >= 4 is 0 Å². The van der Waals surface area contributed by atoms with Gasteiger partial charge < -0.3 is 0 Å². The molecule has 0 heterocycles. The lowest BCUT2D eigenvalue weighted by Crippen LogP contribution is -2.20. The second-order valence-electron chi connectivity index (χ2n) is 6.04. The van der Waals surface area contributed by atoms with Gasteiger partial charge in [0.15, 0.2) is 0 Å². The average molecular weight is 210 g/mol. The molecular weight excluding hydrogens is 180 g/mol. The molecule has 1 rings (SSSR count). The second kappa shape index (κ2) is 5.92. The monoisotopic (exact) mass is 210 g/mol. The molecule has 0 aromatic rings. The van der Waals surface area contributed by atoms with Gasteiger partial charge in [0, 0.05) is 0 Å². The summed E-state index contributed by atoms with van der Waals surface area (Å²) >= 11 is 0. The normalized spacial score (nSPS) is 33.2. The molecule has 1 fully saturated rings. The smallest absolute Gasteiger partial charge is 0.0300 e. The van der Waals surface area contributed by atoms with E-state index < -0.39 is 0 Å².